The van der Waals surface area contributed by atoms with Crippen LogP contribution in [-0.4, -0.2) is 82.2 Å². The van der Waals surface area contributed by atoms with Gasteiger partial charge in [-0.2, -0.15) is 0 Å². The fourth-order valence-electron chi connectivity index (χ4n) is 6.33. The molecule has 0 saturated carbocycles. The van der Waals surface area contributed by atoms with E-state index in [-0.39, 0.29) is 5.91 Å². The third-order valence-corrected chi connectivity index (χ3v) is 7.95. The van der Waals surface area contributed by atoms with Crippen LogP contribution in [0.15, 0.2) is 41.0 Å². The smallest absolute Gasteiger partial charge is 0.289 e. The highest BCUT2D eigenvalue weighted by Gasteiger charge is 2.35. The molecule has 7 heteroatoms. The molecule has 1 amide bonds. The van der Waals surface area contributed by atoms with Gasteiger partial charge in [0.15, 0.2) is 5.76 Å². The largest absolute Gasteiger partial charge is 0.459 e. The number of aliphatic hydroxyl groups excluding tert-OH is 1. The monoisotopic (exact) mass is 462 g/mol. The van der Waals surface area contributed by atoms with Gasteiger partial charge >= 0.3 is 0 Å². The molecule has 180 valence electrons. The Balaban J connectivity index is 1.09. The van der Waals surface area contributed by atoms with Crippen LogP contribution in [0.4, 0.5) is 0 Å². The molecule has 0 radical (unpaired) electrons. The molecule has 1 fully saturated rings. The number of aryl methyl sites for hydroxylation is 2. The van der Waals surface area contributed by atoms with E-state index in [4.69, 9.17) is 4.42 Å². The second kappa shape index (κ2) is 8.87. The minimum absolute atomic E-state index is 0.0443. The van der Waals surface area contributed by atoms with Crippen LogP contribution in [0.1, 0.15) is 46.3 Å². The molecular weight excluding hydrogens is 428 g/mol. The molecule has 6 rings (SSSR count). The maximum Gasteiger partial charge on any atom is 0.289 e. The van der Waals surface area contributed by atoms with Gasteiger partial charge in [0, 0.05) is 69.0 Å². The maximum atomic E-state index is 12.5. The quantitative estimate of drug-likeness (QED) is 0.631. The highest BCUT2D eigenvalue weighted by molar-refractivity contribution is 5.91. The van der Waals surface area contributed by atoms with Gasteiger partial charge < -0.3 is 19.0 Å². The van der Waals surface area contributed by atoms with E-state index in [0.717, 1.165) is 32.6 Å². The summed E-state index contributed by atoms with van der Waals surface area (Å²) in [5.74, 6) is 0.357. The summed E-state index contributed by atoms with van der Waals surface area (Å²) in [4.78, 5) is 19.1. The van der Waals surface area contributed by atoms with E-state index in [1.54, 1.807) is 12.1 Å². The van der Waals surface area contributed by atoms with Gasteiger partial charge in [-0.3, -0.25) is 14.6 Å². The van der Waals surface area contributed by atoms with Crippen molar-refractivity contribution in [3.8, 4) is 0 Å². The summed E-state index contributed by atoms with van der Waals surface area (Å²) in [6.07, 6.45) is 4.69. The second-order valence-electron chi connectivity index (χ2n) is 10.2. The molecule has 34 heavy (non-hydrogen) atoms. The summed E-state index contributed by atoms with van der Waals surface area (Å²) in [6.45, 7) is 8.41. The molecule has 1 saturated heterocycles. The van der Waals surface area contributed by atoms with Crippen LogP contribution in [-0.2, 0) is 13.0 Å². The van der Waals surface area contributed by atoms with Crippen LogP contribution in [0.3, 0.4) is 0 Å². The minimum Gasteiger partial charge on any atom is -0.459 e. The van der Waals surface area contributed by atoms with Crippen molar-refractivity contribution in [3.05, 3.63) is 59.2 Å². The Labute approximate surface area is 200 Å². The number of hydrogen-bond donors (Lipinski definition) is 1. The fraction of sp³-hybridized carbons (Fsp3) is 0.519. The van der Waals surface area contributed by atoms with E-state index >= 15 is 0 Å². The van der Waals surface area contributed by atoms with Crippen LogP contribution in [0.5, 0.6) is 0 Å². The Morgan fingerprint density at radius 3 is 2.76 bits per heavy atom. The number of hydrogen-bond acceptors (Lipinski definition) is 5. The topological polar surface area (TPSA) is 65.1 Å². The molecular formula is C27H34N4O3. The first-order valence-electron chi connectivity index (χ1n) is 12.7. The summed E-state index contributed by atoms with van der Waals surface area (Å²) in [6, 6.07) is 10.7. The standard InChI is InChI=1S/C27H34N4O3/c1-19-7-8-23-22(16-19)21-4-2-5-24-26(21)31(23)14-13-30(24)18-20(32)17-28-9-11-29(12-10-28)27(33)25-6-3-15-34-25/h3,6-8,15-16,20,24,32H,2,4-5,9-14,17-18H2,1H3/t20-,24-/m1/s1. The Morgan fingerprint density at radius 2 is 1.97 bits per heavy atom. The van der Waals surface area contributed by atoms with Crippen LogP contribution in [0.25, 0.3) is 10.9 Å². The molecule has 0 bridgehead atoms. The molecule has 7 nitrogen and oxygen atoms in total. The molecule has 1 N–H and O–H groups in total. The zero-order valence-corrected chi connectivity index (χ0v) is 19.9. The number of carbonyl (C=O) groups is 1. The number of aromatic nitrogens is 1. The molecule has 4 heterocycles. The Bertz CT molecular complexity index is 1180. The Morgan fingerprint density at radius 1 is 1.12 bits per heavy atom. The van der Waals surface area contributed by atoms with Crippen molar-refractivity contribution >= 4 is 16.8 Å². The summed E-state index contributed by atoms with van der Waals surface area (Å²) < 4.78 is 7.80. The van der Waals surface area contributed by atoms with Crippen molar-refractivity contribution in [2.45, 2.75) is 44.9 Å². The number of fused-ring (bicyclic) bond motifs is 3. The van der Waals surface area contributed by atoms with Gasteiger partial charge in [0.05, 0.1) is 18.4 Å². The number of furan rings is 1. The number of benzene rings is 1. The van der Waals surface area contributed by atoms with E-state index < -0.39 is 6.10 Å². The fourth-order valence-corrected chi connectivity index (χ4v) is 6.33. The lowest BCUT2D eigenvalue weighted by molar-refractivity contribution is 0.0271. The number of β-amino-alcohol motifs (C(OH)–C–C–N with tert-alkyl or cyclic N) is 1. The molecule has 3 aromatic rings. The Hall–Kier alpha value is -2.61. The molecule has 0 unspecified atom stereocenters. The van der Waals surface area contributed by atoms with Crippen molar-refractivity contribution < 1.29 is 14.3 Å². The third kappa shape index (κ3) is 3.85. The number of rotatable bonds is 5. The zero-order chi connectivity index (χ0) is 23.2. The summed E-state index contributed by atoms with van der Waals surface area (Å²) in [7, 11) is 0. The van der Waals surface area contributed by atoms with Gasteiger partial charge in [0.2, 0.25) is 0 Å². The van der Waals surface area contributed by atoms with Crippen molar-refractivity contribution in [2.24, 2.45) is 0 Å². The van der Waals surface area contributed by atoms with Crippen molar-refractivity contribution in [1.29, 1.82) is 0 Å². The van der Waals surface area contributed by atoms with E-state index in [0.29, 0.717) is 38.0 Å². The molecule has 2 aromatic heterocycles. The highest BCUT2D eigenvalue weighted by Crippen LogP contribution is 2.42. The summed E-state index contributed by atoms with van der Waals surface area (Å²) >= 11 is 0. The maximum absolute atomic E-state index is 12.5. The molecule has 2 aliphatic heterocycles. The second-order valence-corrected chi connectivity index (χ2v) is 10.2. The summed E-state index contributed by atoms with van der Waals surface area (Å²) in [5, 5.41) is 12.5. The predicted octanol–water partition coefficient (Wildman–Crippen LogP) is 3.05. The lowest BCUT2D eigenvalue weighted by Gasteiger charge is -2.41. The highest BCUT2D eigenvalue weighted by atomic mass is 16.3. The van der Waals surface area contributed by atoms with Gasteiger partial charge in [-0.15, -0.1) is 0 Å². The normalized spacial score (nSPS) is 22.2. The molecule has 0 spiro atoms. The van der Waals surface area contributed by atoms with Gasteiger partial charge in [-0.05, 0) is 56.0 Å². The average Bonchev–Trinajstić information content (AvgIpc) is 3.49. The van der Waals surface area contributed by atoms with Crippen molar-refractivity contribution in [2.75, 3.05) is 45.8 Å². The van der Waals surface area contributed by atoms with Gasteiger partial charge in [0.25, 0.3) is 5.91 Å². The lowest BCUT2D eigenvalue weighted by atomic mass is 9.89. The number of piperazine rings is 1. The van der Waals surface area contributed by atoms with E-state index in [2.05, 4.69) is 39.5 Å². The van der Waals surface area contributed by atoms with Crippen molar-refractivity contribution in [1.82, 2.24) is 19.3 Å². The van der Waals surface area contributed by atoms with Crippen LogP contribution in [0.2, 0.25) is 0 Å². The van der Waals surface area contributed by atoms with Gasteiger partial charge in [-0.25, -0.2) is 0 Å². The Kier molecular flexibility index (Phi) is 5.71. The van der Waals surface area contributed by atoms with Crippen LogP contribution >= 0.6 is 0 Å². The third-order valence-electron chi connectivity index (χ3n) is 7.95. The first-order chi connectivity index (χ1) is 16.6. The van der Waals surface area contributed by atoms with E-state index in [1.165, 1.54) is 46.8 Å². The molecule has 2 atom stereocenters. The van der Waals surface area contributed by atoms with Crippen LogP contribution in [0, 0.1) is 6.92 Å². The number of carbonyl (C=O) groups excluding carboxylic acids is 1. The first kappa shape index (κ1) is 21.9. The lowest BCUT2D eigenvalue weighted by Crippen LogP contribution is -2.52. The average molecular weight is 463 g/mol. The number of amides is 1. The molecule has 1 aromatic carbocycles. The minimum atomic E-state index is -0.393. The molecule has 3 aliphatic rings. The van der Waals surface area contributed by atoms with E-state index in [1.807, 2.05) is 4.90 Å². The number of nitrogens with zero attached hydrogens (tertiary/aromatic N) is 4. The zero-order valence-electron chi connectivity index (χ0n) is 19.9. The van der Waals surface area contributed by atoms with Gasteiger partial charge in [0.1, 0.15) is 0 Å². The van der Waals surface area contributed by atoms with Crippen LogP contribution < -0.4 is 0 Å². The SMILES string of the molecule is Cc1ccc2c(c1)c1c3n2CCN(C[C@H](O)CN2CCN(C(=O)c4ccco4)CC2)[C@@H]3CCC1. The summed E-state index contributed by atoms with van der Waals surface area (Å²) in [5.41, 5.74) is 5.73. The number of aliphatic hydroxyl groups is 1. The van der Waals surface area contributed by atoms with Gasteiger partial charge in [-0.1, -0.05) is 11.6 Å². The van der Waals surface area contributed by atoms with Crippen molar-refractivity contribution in [3.63, 3.8) is 0 Å². The predicted molar refractivity (Wildman–Crippen MR) is 131 cm³/mol. The molecule has 1 aliphatic carbocycles. The first-order valence-corrected chi connectivity index (χ1v) is 12.7. The van der Waals surface area contributed by atoms with E-state index in [9.17, 15) is 9.90 Å².